The van der Waals surface area contributed by atoms with Gasteiger partial charge in [0.1, 0.15) is 0 Å². The van der Waals surface area contributed by atoms with Crippen molar-refractivity contribution in [3.05, 3.63) is 73.9 Å². The van der Waals surface area contributed by atoms with Crippen molar-refractivity contribution >= 4 is 0 Å². The second-order valence-electron chi connectivity index (χ2n) is 5.05. The van der Waals surface area contributed by atoms with Gasteiger partial charge < -0.3 is 0 Å². The van der Waals surface area contributed by atoms with Gasteiger partial charge in [-0.3, -0.25) is 0 Å². The monoisotopic (exact) mass is 253 g/mol. The van der Waals surface area contributed by atoms with E-state index in [0.717, 1.165) is 38.5 Å². The van der Waals surface area contributed by atoms with Crippen LogP contribution in [0.4, 0.5) is 0 Å². The van der Waals surface area contributed by atoms with Crippen molar-refractivity contribution in [1.82, 2.24) is 0 Å². The van der Waals surface area contributed by atoms with E-state index >= 15 is 0 Å². The minimum absolute atomic E-state index is 0.214. The van der Waals surface area contributed by atoms with Crippen LogP contribution in [0.5, 0.6) is 0 Å². The minimum Gasteiger partial charge on any atom is -0.103 e. The summed E-state index contributed by atoms with van der Waals surface area (Å²) >= 11 is 0. The van der Waals surface area contributed by atoms with Gasteiger partial charge in [-0.05, 0) is 55.6 Å². The van der Waals surface area contributed by atoms with Gasteiger partial charge in [0.15, 0.2) is 0 Å². The minimum atomic E-state index is 0.214. The predicted molar refractivity (Wildman–Crippen MR) is 85.2 cm³/mol. The molecule has 0 heterocycles. The molecule has 0 N–H and O–H groups in total. The van der Waals surface area contributed by atoms with E-state index in [1.54, 1.807) is 0 Å². The van der Waals surface area contributed by atoms with Gasteiger partial charge in [0.2, 0.25) is 0 Å². The first-order valence-electron chi connectivity index (χ1n) is 7.08. The van der Waals surface area contributed by atoms with Crippen LogP contribution in [0, 0.1) is 6.07 Å². The molecule has 0 saturated carbocycles. The van der Waals surface area contributed by atoms with Crippen LogP contribution in [0.25, 0.3) is 0 Å². The summed E-state index contributed by atoms with van der Waals surface area (Å²) in [6.45, 7) is 11.6. The van der Waals surface area contributed by atoms with Crippen molar-refractivity contribution in [3.63, 3.8) is 0 Å². The maximum atomic E-state index is 3.87. The Bertz CT molecular complexity index is 354. The summed E-state index contributed by atoms with van der Waals surface area (Å²) in [6.07, 6.45) is 12.6. The Labute approximate surface area is 118 Å². The summed E-state index contributed by atoms with van der Waals surface area (Å²) in [5.74, 6) is 0. The largest absolute Gasteiger partial charge is 0.103 e. The number of benzene rings is 1. The molecule has 101 valence electrons. The standard InChI is InChI=1S/C19H25/c1-4-7-15-19(16-8-5-2,17-9-6-3)18-13-11-10-12-14-18/h4-6,11-14H,1-3,7-9,15-17H2. The number of hydrogen-bond donors (Lipinski definition) is 0. The molecule has 0 saturated heterocycles. The average Bonchev–Trinajstić information content (AvgIpc) is 2.48. The lowest BCUT2D eigenvalue weighted by Crippen LogP contribution is -2.26. The average molecular weight is 253 g/mol. The van der Waals surface area contributed by atoms with E-state index in [9.17, 15) is 0 Å². The molecular formula is C19H25. The van der Waals surface area contributed by atoms with E-state index in [-0.39, 0.29) is 5.41 Å². The Balaban J connectivity index is 3.03. The summed E-state index contributed by atoms with van der Waals surface area (Å²) in [7, 11) is 0. The summed E-state index contributed by atoms with van der Waals surface area (Å²) in [6, 6.07) is 11.5. The lowest BCUT2D eigenvalue weighted by atomic mass is 9.70. The molecule has 0 heteroatoms. The van der Waals surface area contributed by atoms with Crippen molar-refractivity contribution in [2.45, 2.75) is 43.9 Å². The zero-order valence-electron chi connectivity index (χ0n) is 11.9. The van der Waals surface area contributed by atoms with E-state index in [0.29, 0.717) is 0 Å². The van der Waals surface area contributed by atoms with Gasteiger partial charge in [0, 0.05) is 0 Å². The molecule has 19 heavy (non-hydrogen) atoms. The van der Waals surface area contributed by atoms with Crippen LogP contribution >= 0.6 is 0 Å². The molecule has 0 aromatic heterocycles. The third kappa shape index (κ3) is 4.55. The van der Waals surface area contributed by atoms with Crippen molar-refractivity contribution in [1.29, 1.82) is 0 Å². The number of rotatable bonds is 10. The van der Waals surface area contributed by atoms with Gasteiger partial charge in [0.05, 0.1) is 0 Å². The van der Waals surface area contributed by atoms with Crippen LogP contribution < -0.4 is 0 Å². The molecule has 1 radical (unpaired) electrons. The highest BCUT2D eigenvalue weighted by Crippen LogP contribution is 2.39. The van der Waals surface area contributed by atoms with E-state index in [1.807, 2.05) is 30.4 Å². The molecule has 0 atom stereocenters. The Morgan fingerprint density at radius 3 is 1.63 bits per heavy atom. The lowest BCUT2D eigenvalue weighted by Gasteiger charge is -2.34. The first-order valence-corrected chi connectivity index (χ1v) is 7.08. The van der Waals surface area contributed by atoms with Crippen LogP contribution in [0.2, 0.25) is 0 Å². The van der Waals surface area contributed by atoms with Gasteiger partial charge >= 0.3 is 0 Å². The summed E-state index contributed by atoms with van der Waals surface area (Å²) in [5, 5.41) is 0. The van der Waals surface area contributed by atoms with E-state index in [2.05, 4.69) is 37.9 Å². The smallest absolute Gasteiger partial charge is 0.00381 e. The van der Waals surface area contributed by atoms with Gasteiger partial charge in [-0.1, -0.05) is 42.5 Å². The third-order valence-corrected chi connectivity index (χ3v) is 3.81. The fourth-order valence-electron chi connectivity index (χ4n) is 2.68. The van der Waals surface area contributed by atoms with Crippen molar-refractivity contribution in [2.75, 3.05) is 0 Å². The Hall–Kier alpha value is -1.56. The number of allylic oxidation sites excluding steroid dienone is 3. The second-order valence-corrected chi connectivity index (χ2v) is 5.05. The van der Waals surface area contributed by atoms with Crippen LogP contribution in [0.1, 0.15) is 44.1 Å². The lowest BCUT2D eigenvalue weighted by molar-refractivity contribution is 0.344. The Morgan fingerprint density at radius 1 is 0.842 bits per heavy atom. The van der Waals surface area contributed by atoms with Gasteiger partial charge in [-0.15, -0.1) is 19.7 Å². The SMILES string of the molecule is C=CCCC(CCC=C)(CCC=C)c1cc[c]cc1. The van der Waals surface area contributed by atoms with Crippen LogP contribution in [-0.4, -0.2) is 0 Å². The van der Waals surface area contributed by atoms with Gasteiger partial charge in [-0.25, -0.2) is 0 Å². The molecule has 0 bridgehead atoms. The molecule has 1 rings (SSSR count). The quantitative estimate of drug-likeness (QED) is 0.474. The molecule has 0 fully saturated rings. The highest BCUT2D eigenvalue weighted by atomic mass is 14.3. The first kappa shape index (κ1) is 15.5. The normalized spacial score (nSPS) is 10.9. The Morgan fingerprint density at radius 2 is 1.26 bits per heavy atom. The molecule has 0 aliphatic heterocycles. The van der Waals surface area contributed by atoms with Crippen LogP contribution in [-0.2, 0) is 5.41 Å². The van der Waals surface area contributed by atoms with E-state index in [4.69, 9.17) is 0 Å². The highest BCUT2D eigenvalue weighted by molar-refractivity contribution is 5.25. The summed E-state index contributed by atoms with van der Waals surface area (Å²) < 4.78 is 0. The highest BCUT2D eigenvalue weighted by Gasteiger charge is 2.29. The summed E-state index contributed by atoms with van der Waals surface area (Å²) in [5.41, 5.74) is 1.63. The zero-order valence-corrected chi connectivity index (χ0v) is 11.9. The Kier molecular flexibility index (Phi) is 6.95. The number of hydrogen-bond acceptors (Lipinski definition) is 0. The molecule has 0 nitrogen and oxygen atoms in total. The molecule has 0 unspecified atom stereocenters. The zero-order chi connectivity index (χ0) is 14.0. The predicted octanol–water partition coefficient (Wildman–Crippen LogP) is 5.62. The van der Waals surface area contributed by atoms with E-state index < -0.39 is 0 Å². The molecule has 0 aliphatic carbocycles. The second kappa shape index (κ2) is 8.53. The molecule has 1 aromatic rings. The third-order valence-electron chi connectivity index (χ3n) is 3.81. The molecule has 1 aromatic carbocycles. The molecule has 0 aliphatic rings. The van der Waals surface area contributed by atoms with Crippen molar-refractivity contribution < 1.29 is 0 Å². The van der Waals surface area contributed by atoms with Crippen molar-refractivity contribution in [2.24, 2.45) is 0 Å². The molecule has 0 spiro atoms. The molecule has 0 amide bonds. The van der Waals surface area contributed by atoms with Gasteiger partial charge in [-0.2, -0.15) is 0 Å². The van der Waals surface area contributed by atoms with Crippen molar-refractivity contribution in [3.8, 4) is 0 Å². The fourth-order valence-corrected chi connectivity index (χ4v) is 2.68. The fraction of sp³-hybridized carbons (Fsp3) is 0.368. The van der Waals surface area contributed by atoms with Crippen LogP contribution in [0.15, 0.2) is 62.2 Å². The topological polar surface area (TPSA) is 0 Å². The van der Waals surface area contributed by atoms with E-state index in [1.165, 1.54) is 5.56 Å². The maximum Gasteiger partial charge on any atom is -0.00381 e. The van der Waals surface area contributed by atoms with Crippen LogP contribution in [0.3, 0.4) is 0 Å². The van der Waals surface area contributed by atoms with Gasteiger partial charge in [0.25, 0.3) is 0 Å². The summed E-state index contributed by atoms with van der Waals surface area (Å²) in [4.78, 5) is 0. The first-order chi connectivity index (χ1) is 9.29. The maximum absolute atomic E-state index is 3.87. The molecular weight excluding hydrogens is 228 g/mol.